The SMILES string of the molecule is O=C(Cc1ccc(-n2cnnn2)cc1)NCC1(c2ccc3c(c2)OCO3)CCCCC1. The van der Waals surface area contributed by atoms with Crippen LogP contribution in [0, 0.1) is 0 Å². The van der Waals surface area contributed by atoms with E-state index in [1.165, 1.54) is 24.8 Å². The Morgan fingerprint density at radius 2 is 1.84 bits per heavy atom. The number of aromatic nitrogens is 4. The highest BCUT2D eigenvalue weighted by Crippen LogP contribution is 2.43. The van der Waals surface area contributed by atoms with E-state index in [9.17, 15) is 4.79 Å². The molecule has 1 fully saturated rings. The minimum Gasteiger partial charge on any atom is -0.454 e. The van der Waals surface area contributed by atoms with E-state index in [0.29, 0.717) is 13.0 Å². The summed E-state index contributed by atoms with van der Waals surface area (Å²) in [6.07, 6.45) is 7.59. The number of nitrogens with zero attached hydrogens (tertiary/aromatic N) is 4. The molecule has 1 aliphatic heterocycles. The van der Waals surface area contributed by atoms with Crippen LogP contribution in [0.25, 0.3) is 5.69 Å². The molecular weight excluding hydrogens is 394 g/mol. The van der Waals surface area contributed by atoms with E-state index in [4.69, 9.17) is 9.47 Å². The van der Waals surface area contributed by atoms with Gasteiger partial charge in [0.25, 0.3) is 0 Å². The topological polar surface area (TPSA) is 91.2 Å². The van der Waals surface area contributed by atoms with Gasteiger partial charge in [-0.2, -0.15) is 0 Å². The van der Waals surface area contributed by atoms with Gasteiger partial charge in [-0.1, -0.05) is 37.5 Å². The minimum atomic E-state index is -0.0567. The van der Waals surface area contributed by atoms with Gasteiger partial charge >= 0.3 is 0 Å². The number of hydrogen-bond acceptors (Lipinski definition) is 6. The van der Waals surface area contributed by atoms with Gasteiger partial charge in [-0.05, 0) is 58.7 Å². The Labute approximate surface area is 180 Å². The molecule has 1 aliphatic carbocycles. The lowest BCUT2D eigenvalue weighted by Gasteiger charge is -2.38. The van der Waals surface area contributed by atoms with Crippen LogP contribution in [-0.4, -0.2) is 39.5 Å². The van der Waals surface area contributed by atoms with E-state index in [1.807, 2.05) is 30.3 Å². The van der Waals surface area contributed by atoms with Gasteiger partial charge in [0.2, 0.25) is 12.7 Å². The molecule has 0 bridgehead atoms. The molecule has 0 atom stereocenters. The van der Waals surface area contributed by atoms with Gasteiger partial charge in [0.1, 0.15) is 6.33 Å². The Bertz CT molecular complexity index is 1040. The van der Waals surface area contributed by atoms with Crippen LogP contribution in [0.15, 0.2) is 48.8 Å². The second kappa shape index (κ2) is 8.37. The molecule has 1 amide bonds. The summed E-state index contributed by atoms with van der Waals surface area (Å²) >= 11 is 0. The molecule has 1 saturated carbocycles. The fourth-order valence-electron chi connectivity index (χ4n) is 4.58. The van der Waals surface area contributed by atoms with Crippen molar-refractivity contribution in [2.75, 3.05) is 13.3 Å². The monoisotopic (exact) mass is 419 g/mol. The second-order valence-electron chi connectivity index (χ2n) is 8.28. The predicted molar refractivity (Wildman–Crippen MR) is 113 cm³/mol. The number of nitrogens with one attached hydrogen (secondary N) is 1. The van der Waals surface area contributed by atoms with Crippen molar-refractivity contribution in [2.24, 2.45) is 0 Å². The van der Waals surface area contributed by atoms with E-state index in [2.05, 4.69) is 33.0 Å². The van der Waals surface area contributed by atoms with E-state index < -0.39 is 0 Å². The number of hydrogen-bond donors (Lipinski definition) is 1. The van der Waals surface area contributed by atoms with Crippen LogP contribution in [0.3, 0.4) is 0 Å². The van der Waals surface area contributed by atoms with Gasteiger partial charge in [-0.25, -0.2) is 4.68 Å². The third-order valence-corrected chi connectivity index (χ3v) is 6.33. The van der Waals surface area contributed by atoms with Crippen molar-refractivity contribution in [1.29, 1.82) is 0 Å². The summed E-state index contributed by atoms with van der Waals surface area (Å²) in [6, 6.07) is 13.9. The molecule has 8 heteroatoms. The van der Waals surface area contributed by atoms with Crippen LogP contribution >= 0.6 is 0 Å². The minimum absolute atomic E-state index is 0.0286. The quantitative estimate of drug-likeness (QED) is 0.661. The van der Waals surface area contributed by atoms with Crippen molar-refractivity contribution in [3.8, 4) is 17.2 Å². The number of benzene rings is 2. The number of rotatable bonds is 6. The predicted octanol–water partition coefficient (Wildman–Crippen LogP) is 2.95. The van der Waals surface area contributed by atoms with Gasteiger partial charge in [0.05, 0.1) is 12.1 Å². The molecule has 160 valence electrons. The third kappa shape index (κ3) is 4.10. The molecule has 0 saturated heterocycles. The average molecular weight is 419 g/mol. The van der Waals surface area contributed by atoms with Crippen LogP contribution in [0.2, 0.25) is 0 Å². The number of fused-ring (bicyclic) bond motifs is 1. The molecule has 1 N–H and O–H groups in total. The van der Waals surface area contributed by atoms with Crippen molar-refractivity contribution in [2.45, 2.75) is 43.9 Å². The maximum absolute atomic E-state index is 12.7. The highest BCUT2D eigenvalue weighted by Gasteiger charge is 2.35. The molecule has 31 heavy (non-hydrogen) atoms. The van der Waals surface area contributed by atoms with Crippen LogP contribution in [0.5, 0.6) is 11.5 Å². The molecular formula is C23H25N5O3. The van der Waals surface area contributed by atoms with E-state index in [1.54, 1.807) is 11.0 Å². The number of tetrazole rings is 1. The summed E-state index contributed by atoms with van der Waals surface area (Å²) in [6.45, 7) is 0.906. The average Bonchev–Trinajstić information content (AvgIpc) is 3.51. The summed E-state index contributed by atoms with van der Waals surface area (Å²) in [7, 11) is 0. The molecule has 0 radical (unpaired) electrons. The van der Waals surface area contributed by atoms with E-state index >= 15 is 0 Å². The van der Waals surface area contributed by atoms with Crippen LogP contribution in [-0.2, 0) is 16.6 Å². The number of carbonyl (C=O) groups is 1. The number of amides is 1. The molecule has 3 aromatic rings. The van der Waals surface area contributed by atoms with Crippen LogP contribution < -0.4 is 14.8 Å². The molecule has 1 aromatic heterocycles. The fraction of sp³-hybridized carbons (Fsp3) is 0.391. The molecule has 0 unspecified atom stereocenters. The Balaban J connectivity index is 1.26. The highest BCUT2D eigenvalue weighted by molar-refractivity contribution is 5.78. The zero-order valence-electron chi connectivity index (χ0n) is 17.3. The van der Waals surface area contributed by atoms with Crippen molar-refractivity contribution in [3.63, 3.8) is 0 Å². The molecule has 2 aromatic carbocycles. The summed E-state index contributed by atoms with van der Waals surface area (Å²) in [5.74, 6) is 1.63. The number of ether oxygens (including phenoxy) is 2. The lowest BCUT2D eigenvalue weighted by atomic mass is 9.69. The Hall–Kier alpha value is -3.42. The smallest absolute Gasteiger partial charge is 0.231 e. The summed E-state index contributed by atoms with van der Waals surface area (Å²) in [5.41, 5.74) is 2.98. The Morgan fingerprint density at radius 1 is 1.03 bits per heavy atom. The van der Waals surface area contributed by atoms with Gasteiger partial charge < -0.3 is 14.8 Å². The van der Waals surface area contributed by atoms with Gasteiger partial charge in [0, 0.05) is 12.0 Å². The zero-order valence-corrected chi connectivity index (χ0v) is 17.3. The molecule has 2 aliphatic rings. The second-order valence-corrected chi connectivity index (χ2v) is 8.28. The van der Waals surface area contributed by atoms with E-state index in [0.717, 1.165) is 35.6 Å². The van der Waals surface area contributed by atoms with Crippen molar-refractivity contribution in [3.05, 3.63) is 59.9 Å². The maximum atomic E-state index is 12.7. The first-order valence-corrected chi connectivity index (χ1v) is 10.7. The first kappa shape index (κ1) is 19.5. The van der Waals surface area contributed by atoms with Gasteiger partial charge in [-0.15, -0.1) is 5.10 Å². The van der Waals surface area contributed by atoms with Crippen LogP contribution in [0.1, 0.15) is 43.2 Å². The lowest BCUT2D eigenvalue weighted by Crippen LogP contribution is -2.42. The maximum Gasteiger partial charge on any atom is 0.231 e. The van der Waals surface area contributed by atoms with Crippen molar-refractivity contribution < 1.29 is 14.3 Å². The van der Waals surface area contributed by atoms with Crippen molar-refractivity contribution in [1.82, 2.24) is 25.5 Å². The largest absolute Gasteiger partial charge is 0.454 e. The highest BCUT2D eigenvalue weighted by atomic mass is 16.7. The summed E-state index contributed by atoms with van der Waals surface area (Å²) < 4.78 is 12.6. The molecule has 0 spiro atoms. The number of carbonyl (C=O) groups excluding carboxylic acids is 1. The van der Waals surface area contributed by atoms with E-state index in [-0.39, 0.29) is 18.1 Å². The summed E-state index contributed by atoms with van der Waals surface area (Å²) in [4.78, 5) is 12.7. The van der Waals surface area contributed by atoms with Crippen LogP contribution in [0.4, 0.5) is 0 Å². The molecule has 8 nitrogen and oxygen atoms in total. The normalized spacial score (nSPS) is 16.8. The third-order valence-electron chi connectivity index (χ3n) is 6.33. The first-order valence-electron chi connectivity index (χ1n) is 10.7. The fourth-order valence-corrected chi connectivity index (χ4v) is 4.58. The zero-order chi connectivity index (χ0) is 21.1. The summed E-state index contributed by atoms with van der Waals surface area (Å²) in [5, 5.41) is 14.4. The standard InChI is InChI=1S/C23H25N5O3/c29-22(12-17-4-7-19(8-5-17)28-15-25-26-27-28)24-14-23(10-2-1-3-11-23)18-6-9-20-21(13-18)31-16-30-20/h4-9,13,15H,1-3,10-12,14,16H2,(H,24,29). The molecule has 5 rings (SSSR count). The first-order chi connectivity index (χ1) is 15.2. The molecule has 2 heterocycles. The van der Waals surface area contributed by atoms with Gasteiger partial charge in [-0.3, -0.25) is 4.79 Å². The van der Waals surface area contributed by atoms with Gasteiger partial charge in [0.15, 0.2) is 11.5 Å². The van der Waals surface area contributed by atoms with Crippen molar-refractivity contribution >= 4 is 5.91 Å². The lowest BCUT2D eigenvalue weighted by molar-refractivity contribution is -0.120. The Kier molecular flexibility index (Phi) is 5.28. The Morgan fingerprint density at radius 3 is 2.61 bits per heavy atom.